The number of benzene rings is 2. The lowest BCUT2D eigenvalue weighted by molar-refractivity contribution is -0.151. The molecule has 0 N–H and O–H groups in total. The normalized spacial score (nSPS) is 14.3. The molecule has 2 aromatic carbocycles. The molecule has 178 valence electrons. The Balaban J connectivity index is 1.32. The van der Waals surface area contributed by atoms with E-state index < -0.39 is 0 Å². The largest absolute Gasteiger partial charge is 0.466 e. The summed E-state index contributed by atoms with van der Waals surface area (Å²) in [5.74, 6) is 0.662. The van der Waals surface area contributed by atoms with Crippen molar-refractivity contribution in [3.8, 4) is 17.1 Å². The van der Waals surface area contributed by atoms with Crippen molar-refractivity contribution in [2.24, 2.45) is 5.92 Å². The molecule has 0 saturated carbocycles. The van der Waals surface area contributed by atoms with Crippen LogP contribution in [0.5, 0.6) is 0 Å². The number of carbonyl (C=O) groups is 2. The minimum atomic E-state index is -0.147. The van der Waals surface area contributed by atoms with Gasteiger partial charge in [-0.3, -0.25) is 14.2 Å². The Morgan fingerprint density at radius 3 is 2.43 bits per heavy atom. The molecule has 3 heterocycles. The Hall–Kier alpha value is -4.00. The maximum atomic E-state index is 12.9. The molecule has 1 amide bonds. The first-order valence-electron chi connectivity index (χ1n) is 12.1. The summed E-state index contributed by atoms with van der Waals surface area (Å²) in [7, 11) is 0. The van der Waals surface area contributed by atoms with Crippen LogP contribution in [-0.2, 0) is 20.7 Å². The maximum Gasteiger partial charge on any atom is 0.309 e. The minimum absolute atomic E-state index is 0.0831. The summed E-state index contributed by atoms with van der Waals surface area (Å²) in [6, 6.07) is 21.9. The number of carbonyl (C=O) groups excluding carboxylic acids is 2. The fraction of sp³-hybridized carbons (Fsp3) is 0.286. The topological polar surface area (TPSA) is 77.3 Å². The molecule has 7 nitrogen and oxygen atoms in total. The highest BCUT2D eigenvalue weighted by Crippen LogP contribution is 2.28. The Kier molecular flexibility index (Phi) is 6.57. The summed E-state index contributed by atoms with van der Waals surface area (Å²) < 4.78 is 7.18. The molecule has 0 unspecified atom stereocenters. The van der Waals surface area contributed by atoms with Crippen LogP contribution in [0, 0.1) is 5.92 Å². The number of hydrogen-bond donors (Lipinski definition) is 0. The van der Waals surface area contributed by atoms with Crippen LogP contribution >= 0.6 is 0 Å². The number of fused-ring (bicyclic) bond motifs is 1. The van der Waals surface area contributed by atoms with Crippen LogP contribution < -0.4 is 0 Å². The lowest BCUT2D eigenvalue weighted by atomic mass is 9.96. The second-order valence-corrected chi connectivity index (χ2v) is 8.73. The number of rotatable bonds is 6. The van der Waals surface area contributed by atoms with Gasteiger partial charge in [-0.15, -0.1) is 0 Å². The molecule has 0 radical (unpaired) electrons. The van der Waals surface area contributed by atoms with Gasteiger partial charge < -0.3 is 9.64 Å². The van der Waals surface area contributed by atoms with E-state index >= 15 is 0 Å². The first kappa shape index (κ1) is 22.8. The van der Waals surface area contributed by atoms with E-state index in [0.717, 1.165) is 33.8 Å². The number of imidazole rings is 1. The number of hydrogen-bond acceptors (Lipinski definition) is 5. The van der Waals surface area contributed by atoms with Gasteiger partial charge in [0.25, 0.3) is 0 Å². The number of nitrogens with zero attached hydrogens (tertiary/aromatic N) is 4. The molecule has 35 heavy (non-hydrogen) atoms. The molecule has 1 aliphatic rings. The van der Waals surface area contributed by atoms with Crippen molar-refractivity contribution in [3.63, 3.8) is 0 Å². The van der Waals surface area contributed by atoms with Gasteiger partial charge in [0, 0.05) is 30.5 Å². The lowest BCUT2D eigenvalue weighted by Crippen LogP contribution is -2.41. The summed E-state index contributed by atoms with van der Waals surface area (Å²) in [5.41, 5.74) is 4.52. The summed E-state index contributed by atoms with van der Waals surface area (Å²) in [5, 5.41) is 0. The van der Waals surface area contributed by atoms with Gasteiger partial charge >= 0.3 is 5.97 Å². The molecule has 4 aromatic rings. The van der Waals surface area contributed by atoms with Crippen molar-refractivity contribution >= 4 is 23.0 Å². The third-order valence-electron chi connectivity index (χ3n) is 6.47. The quantitative estimate of drug-likeness (QED) is 0.391. The summed E-state index contributed by atoms with van der Waals surface area (Å²) in [4.78, 5) is 36.1. The first-order chi connectivity index (χ1) is 17.1. The zero-order chi connectivity index (χ0) is 24.2. The zero-order valence-electron chi connectivity index (χ0n) is 19.8. The molecule has 0 bridgehead atoms. The standard InChI is InChI=1S/C28H28N4O3/c1-2-35-28(34)22-14-17-31(18-15-22)25(33)19-20-10-12-23(13-11-20)32-26(21-7-4-3-5-8-21)30-24-9-6-16-29-27(24)32/h3-13,16,22H,2,14-15,17-19H2,1H3. The van der Waals surface area contributed by atoms with Crippen molar-refractivity contribution < 1.29 is 14.3 Å². The Labute approximate surface area is 204 Å². The van der Waals surface area contributed by atoms with E-state index in [1.54, 1.807) is 6.20 Å². The van der Waals surface area contributed by atoms with Crippen molar-refractivity contribution in [1.29, 1.82) is 0 Å². The number of piperidine rings is 1. The highest BCUT2D eigenvalue weighted by Gasteiger charge is 2.28. The monoisotopic (exact) mass is 468 g/mol. The first-order valence-corrected chi connectivity index (χ1v) is 12.1. The summed E-state index contributed by atoms with van der Waals surface area (Å²) in [6.45, 7) is 3.39. The number of amides is 1. The number of esters is 1. The van der Waals surface area contributed by atoms with Crippen LogP contribution in [0.2, 0.25) is 0 Å². The highest BCUT2D eigenvalue weighted by molar-refractivity contribution is 5.81. The average molecular weight is 469 g/mol. The van der Waals surface area contributed by atoms with Crippen molar-refractivity contribution in [1.82, 2.24) is 19.4 Å². The van der Waals surface area contributed by atoms with E-state index in [2.05, 4.69) is 9.55 Å². The van der Waals surface area contributed by atoms with E-state index in [0.29, 0.717) is 39.0 Å². The van der Waals surface area contributed by atoms with Gasteiger partial charge in [-0.2, -0.15) is 0 Å². The SMILES string of the molecule is CCOC(=O)C1CCN(C(=O)Cc2ccc(-n3c(-c4ccccc4)nc4cccnc43)cc2)CC1. The average Bonchev–Trinajstić information content (AvgIpc) is 3.29. The van der Waals surface area contributed by atoms with Crippen LogP contribution in [-0.4, -0.2) is 51.0 Å². The van der Waals surface area contributed by atoms with Crippen LogP contribution in [0.1, 0.15) is 25.3 Å². The van der Waals surface area contributed by atoms with E-state index in [9.17, 15) is 9.59 Å². The van der Waals surface area contributed by atoms with E-state index in [1.807, 2.05) is 78.6 Å². The number of aromatic nitrogens is 3. The van der Waals surface area contributed by atoms with Gasteiger partial charge in [0.1, 0.15) is 11.3 Å². The molecular formula is C28H28N4O3. The zero-order valence-corrected chi connectivity index (χ0v) is 19.8. The van der Waals surface area contributed by atoms with Gasteiger partial charge in [-0.05, 0) is 49.6 Å². The Bertz CT molecular complexity index is 1320. The second kappa shape index (κ2) is 10.1. The Morgan fingerprint density at radius 1 is 0.971 bits per heavy atom. The van der Waals surface area contributed by atoms with Crippen molar-refractivity contribution in [2.45, 2.75) is 26.2 Å². The number of pyridine rings is 1. The van der Waals surface area contributed by atoms with Crippen LogP contribution in [0.4, 0.5) is 0 Å². The predicted octanol–water partition coefficient (Wildman–Crippen LogP) is 4.43. The van der Waals surface area contributed by atoms with Crippen LogP contribution in [0.3, 0.4) is 0 Å². The molecule has 0 spiro atoms. The van der Waals surface area contributed by atoms with Gasteiger partial charge in [-0.25, -0.2) is 9.97 Å². The Morgan fingerprint density at radius 2 is 1.71 bits per heavy atom. The number of ether oxygens (including phenoxy) is 1. The van der Waals surface area contributed by atoms with E-state index in [-0.39, 0.29) is 17.8 Å². The molecule has 5 rings (SSSR count). The fourth-order valence-corrected chi connectivity index (χ4v) is 4.61. The molecule has 0 atom stereocenters. The number of likely N-dealkylation sites (tertiary alicyclic amines) is 1. The van der Waals surface area contributed by atoms with Gasteiger partial charge in [0.05, 0.1) is 18.9 Å². The van der Waals surface area contributed by atoms with E-state index in [4.69, 9.17) is 9.72 Å². The van der Waals surface area contributed by atoms with Gasteiger partial charge in [0.15, 0.2) is 5.65 Å². The molecule has 7 heteroatoms. The van der Waals surface area contributed by atoms with Crippen molar-refractivity contribution in [2.75, 3.05) is 19.7 Å². The summed E-state index contributed by atoms with van der Waals surface area (Å²) in [6.07, 6.45) is 3.42. The van der Waals surface area contributed by atoms with Crippen LogP contribution in [0.15, 0.2) is 72.9 Å². The summed E-state index contributed by atoms with van der Waals surface area (Å²) >= 11 is 0. The third-order valence-corrected chi connectivity index (χ3v) is 6.47. The molecule has 0 aliphatic carbocycles. The third kappa shape index (κ3) is 4.80. The maximum absolute atomic E-state index is 12.9. The fourth-order valence-electron chi connectivity index (χ4n) is 4.61. The van der Waals surface area contributed by atoms with E-state index in [1.165, 1.54) is 0 Å². The minimum Gasteiger partial charge on any atom is -0.466 e. The highest BCUT2D eigenvalue weighted by atomic mass is 16.5. The van der Waals surface area contributed by atoms with Gasteiger partial charge in [-0.1, -0.05) is 42.5 Å². The second-order valence-electron chi connectivity index (χ2n) is 8.73. The molecular weight excluding hydrogens is 440 g/mol. The molecule has 1 aliphatic heterocycles. The lowest BCUT2D eigenvalue weighted by Gasteiger charge is -2.31. The predicted molar refractivity (Wildman–Crippen MR) is 134 cm³/mol. The smallest absolute Gasteiger partial charge is 0.309 e. The molecule has 1 fully saturated rings. The van der Waals surface area contributed by atoms with Crippen molar-refractivity contribution in [3.05, 3.63) is 78.5 Å². The molecule has 2 aromatic heterocycles. The van der Waals surface area contributed by atoms with Gasteiger partial charge in [0.2, 0.25) is 5.91 Å². The molecule has 1 saturated heterocycles. The van der Waals surface area contributed by atoms with Crippen LogP contribution in [0.25, 0.3) is 28.2 Å².